The number of nitrogens with zero attached hydrogens (tertiary/aromatic N) is 2. The van der Waals surface area contributed by atoms with Gasteiger partial charge in [0.1, 0.15) is 6.33 Å². The Hall–Kier alpha value is -0.960. The number of aryl methyl sites for hydroxylation is 1. The third-order valence-electron chi connectivity index (χ3n) is 1.93. The smallest absolute Gasteiger partial charge is 0.115 e. The van der Waals surface area contributed by atoms with E-state index < -0.39 is 0 Å². The van der Waals surface area contributed by atoms with E-state index in [1.165, 1.54) is 0 Å². The molecule has 0 saturated carbocycles. The van der Waals surface area contributed by atoms with E-state index in [4.69, 9.17) is 0 Å². The first kappa shape index (κ1) is 10.1. The fourth-order valence-electron chi connectivity index (χ4n) is 1.36. The Morgan fingerprint density at radius 1 is 1.46 bits per heavy atom. The number of nitrogens with one attached hydrogen (secondary N) is 1. The molecule has 1 unspecified atom stereocenters. The van der Waals surface area contributed by atoms with Crippen LogP contribution in [0, 0.1) is 6.92 Å². The lowest BCUT2D eigenvalue weighted by Gasteiger charge is -2.11. The first-order valence-corrected chi connectivity index (χ1v) is 4.73. The normalized spacial score (nSPS) is 12.8. The van der Waals surface area contributed by atoms with Gasteiger partial charge in [-0.25, -0.2) is 9.97 Å². The summed E-state index contributed by atoms with van der Waals surface area (Å²) in [6.45, 7) is 7.27. The maximum Gasteiger partial charge on any atom is 0.115 e. The lowest BCUT2D eigenvalue weighted by molar-refractivity contribution is 0.558. The number of hydrogen-bond acceptors (Lipinski definition) is 3. The van der Waals surface area contributed by atoms with Crippen molar-refractivity contribution >= 4 is 0 Å². The Kier molecular flexibility index (Phi) is 3.83. The molecule has 1 aromatic heterocycles. The molecule has 0 aliphatic rings. The SMILES string of the molecule is CCNC(C)Cc1cc(C)ncn1. The van der Waals surface area contributed by atoms with Crippen LogP contribution in [0.2, 0.25) is 0 Å². The molecule has 0 radical (unpaired) electrons. The summed E-state index contributed by atoms with van der Waals surface area (Å²) >= 11 is 0. The first-order valence-electron chi connectivity index (χ1n) is 4.73. The topological polar surface area (TPSA) is 37.8 Å². The predicted molar refractivity (Wildman–Crippen MR) is 53.6 cm³/mol. The number of rotatable bonds is 4. The lowest BCUT2D eigenvalue weighted by Crippen LogP contribution is -2.27. The Morgan fingerprint density at radius 3 is 2.85 bits per heavy atom. The van der Waals surface area contributed by atoms with Gasteiger partial charge in [-0.3, -0.25) is 0 Å². The van der Waals surface area contributed by atoms with E-state index in [2.05, 4.69) is 29.1 Å². The molecule has 1 aromatic rings. The Balaban J connectivity index is 2.53. The summed E-state index contributed by atoms with van der Waals surface area (Å²) in [6.07, 6.45) is 2.60. The third-order valence-corrected chi connectivity index (χ3v) is 1.93. The number of aromatic nitrogens is 2. The fourth-order valence-corrected chi connectivity index (χ4v) is 1.36. The molecule has 1 heterocycles. The third kappa shape index (κ3) is 3.51. The van der Waals surface area contributed by atoms with Gasteiger partial charge in [-0.05, 0) is 26.5 Å². The van der Waals surface area contributed by atoms with E-state index in [1.807, 2.05) is 13.0 Å². The zero-order valence-corrected chi connectivity index (χ0v) is 8.54. The second-order valence-corrected chi connectivity index (χ2v) is 3.31. The highest BCUT2D eigenvalue weighted by Gasteiger charge is 2.02. The van der Waals surface area contributed by atoms with Crippen molar-refractivity contribution in [2.24, 2.45) is 0 Å². The number of hydrogen-bond donors (Lipinski definition) is 1. The molecule has 1 atom stereocenters. The molecule has 0 aliphatic carbocycles. The minimum Gasteiger partial charge on any atom is -0.314 e. The maximum absolute atomic E-state index is 4.21. The molecule has 3 nitrogen and oxygen atoms in total. The van der Waals surface area contributed by atoms with E-state index >= 15 is 0 Å². The van der Waals surface area contributed by atoms with Gasteiger partial charge >= 0.3 is 0 Å². The van der Waals surface area contributed by atoms with Gasteiger partial charge in [0.05, 0.1) is 0 Å². The Morgan fingerprint density at radius 2 is 2.23 bits per heavy atom. The highest BCUT2D eigenvalue weighted by atomic mass is 14.9. The molecule has 0 aromatic carbocycles. The molecule has 0 aliphatic heterocycles. The van der Waals surface area contributed by atoms with Crippen LogP contribution in [0.25, 0.3) is 0 Å². The minimum atomic E-state index is 0.485. The Labute approximate surface area is 79.6 Å². The van der Waals surface area contributed by atoms with Crippen molar-refractivity contribution in [2.75, 3.05) is 6.54 Å². The standard InChI is InChI=1S/C10H17N3/c1-4-11-8(2)5-10-6-9(3)12-7-13-10/h6-8,11H,4-5H2,1-3H3. The van der Waals surface area contributed by atoms with Gasteiger partial charge in [-0.15, -0.1) is 0 Å². The molecule has 3 heteroatoms. The van der Waals surface area contributed by atoms with E-state index in [0.29, 0.717) is 6.04 Å². The van der Waals surface area contributed by atoms with Crippen LogP contribution < -0.4 is 5.32 Å². The summed E-state index contributed by atoms with van der Waals surface area (Å²) in [5, 5.41) is 3.35. The van der Waals surface area contributed by atoms with Crippen molar-refractivity contribution < 1.29 is 0 Å². The van der Waals surface area contributed by atoms with Crippen molar-refractivity contribution in [3.05, 3.63) is 23.8 Å². The van der Waals surface area contributed by atoms with Crippen molar-refractivity contribution in [3.8, 4) is 0 Å². The quantitative estimate of drug-likeness (QED) is 0.757. The van der Waals surface area contributed by atoms with E-state index in [0.717, 1.165) is 24.4 Å². The van der Waals surface area contributed by atoms with Gasteiger partial charge in [0, 0.05) is 23.9 Å². The van der Waals surface area contributed by atoms with Gasteiger partial charge < -0.3 is 5.32 Å². The molecule has 13 heavy (non-hydrogen) atoms. The average molecular weight is 179 g/mol. The second kappa shape index (κ2) is 4.92. The molecule has 0 saturated heterocycles. The molecule has 0 spiro atoms. The summed E-state index contributed by atoms with van der Waals surface area (Å²) in [7, 11) is 0. The second-order valence-electron chi connectivity index (χ2n) is 3.31. The summed E-state index contributed by atoms with van der Waals surface area (Å²) in [5.74, 6) is 0. The van der Waals surface area contributed by atoms with Gasteiger partial charge in [-0.1, -0.05) is 6.92 Å². The monoisotopic (exact) mass is 179 g/mol. The first-order chi connectivity index (χ1) is 6.22. The van der Waals surface area contributed by atoms with Crippen LogP contribution in [0.5, 0.6) is 0 Å². The highest BCUT2D eigenvalue weighted by Crippen LogP contribution is 2.00. The maximum atomic E-state index is 4.21. The largest absolute Gasteiger partial charge is 0.314 e. The van der Waals surface area contributed by atoms with Crippen LogP contribution in [0.3, 0.4) is 0 Å². The van der Waals surface area contributed by atoms with Crippen LogP contribution in [0.1, 0.15) is 25.2 Å². The molecule has 0 amide bonds. The molecule has 1 N–H and O–H groups in total. The van der Waals surface area contributed by atoms with Gasteiger partial charge in [0.15, 0.2) is 0 Å². The van der Waals surface area contributed by atoms with Crippen LogP contribution in [0.15, 0.2) is 12.4 Å². The van der Waals surface area contributed by atoms with Gasteiger partial charge in [-0.2, -0.15) is 0 Å². The zero-order chi connectivity index (χ0) is 9.68. The van der Waals surface area contributed by atoms with Gasteiger partial charge in [0.2, 0.25) is 0 Å². The van der Waals surface area contributed by atoms with Gasteiger partial charge in [0.25, 0.3) is 0 Å². The molecular weight excluding hydrogens is 162 g/mol. The van der Waals surface area contributed by atoms with E-state index in [1.54, 1.807) is 6.33 Å². The van der Waals surface area contributed by atoms with E-state index in [-0.39, 0.29) is 0 Å². The van der Waals surface area contributed by atoms with Crippen LogP contribution >= 0.6 is 0 Å². The van der Waals surface area contributed by atoms with E-state index in [9.17, 15) is 0 Å². The average Bonchev–Trinajstić information content (AvgIpc) is 2.04. The van der Waals surface area contributed by atoms with Crippen molar-refractivity contribution in [1.29, 1.82) is 0 Å². The molecule has 0 fully saturated rings. The highest BCUT2D eigenvalue weighted by molar-refractivity contribution is 5.07. The lowest BCUT2D eigenvalue weighted by atomic mass is 10.1. The molecule has 72 valence electrons. The minimum absolute atomic E-state index is 0.485. The summed E-state index contributed by atoms with van der Waals surface area (Å²) in [5.41, 5.74) is 2.15. The van der Waals surface area contributed by atoms with Crippen LogP contribution in [-0.4, -0.2) is 22.6 Å². The Bertz CT molecular complexity index is 260. The van der Waals surface area contributed by atoms with Crippen molar-refractivity contribution in [2.45, 2.75) is 33.2 Å². The molecule has 1 rings (SSSR count). The fraction of sp³-hybridized carbons (Fsp3) is 0.600. The molecule has 0 bridgehead atoms. The number of likely N-dealkylation sites (N-methyl/N-ethyl adjacent to an activating group) is 1. The molecular formula is C10H17N3. The van der Waals surface area contributed by atoms with Crippen LogP contribution in [0.4, 0.5) is 0 Å². The van der Waals surface area contributed by atoms with Crippen molar-refractivity contribution in [1.82, 2.24) is 15.3 Å². The summed E-state index contributed by atoms with van der Waals surface area (Å²) < 4.78 is 0. The predicted octanol–water partition coefficient (Wildman–Crippen LogP) is 1.33. The van der Waals surface area contributed by atoms with Crippen molar-refractivity contribution in [3.63, 3.8) is 0 Å². The van der Waals surface area contributed by atoms with Crippen LogP contribution in [-0.2, 0) is 6.42 Å². The summed E-state index contributed by atoms with van der Waals surface area (Å²) in [4.78, 5) is 8.27. The zero-order valence-electron chi connectivity index (χ0n) is 8.54. The summed E-state index contributed by atoms with van der Waals surface area (Å²) in [6, 6.07) is 2.52.